The van der Waals surface area contributed by atoms with Crippen molar-refractivity contribution < 1.29 is 9.59 Å². The predicted octanol–water partition coefficient (Wildman–Crippen LogP) is 3.96. The van der Waals surface area contributed by atoms with E-state index in [1.165, 1.54) is 27.8 Å². The number of allylic oxidation sites excluding steroid dienone is 4. The van der Waals surface area contributed by atoms with Crippen molar-refractivity contribution in [3.05, 3.63) is 82.4 Å². The number of benzene rings is 2. The molecular weight excluding hydrogens is 322 g/mol. The van der Waals surface area contributed by atoms with E-state index < -0.39 is 0 Å². The molecule has 130 valence electrons. The number of nitrogens with two attached hydrogens (primary N) is 1. The fourth-order valence-electron chi connectivity index (χ4n) is 3.80. The quantitative estimate of drug-likeness (QED) is 0.854. The van der Waals surface area contributed by atoms with Crippen LogP contribution in [0.5, 0.6) is 0 Å². The molecule has 2 aromatic carbocycles. The number of carbonyl (C=O) groups excluding carboxylic acids is 2. The molecule has 2 aliphatic rings. The summed E-state index contributed by atoms with van der Waals surface area (Å²) in [6, 6.07) is 14.3. The molecule has 0 heterocycles. The molecule has 1 unspecified atom stereocenters. The summed E-state index contributed by atoms with van der Waals surface area (Å²) in [6.45, 7) is 1.58. The molecule has 3 nitrogen and oxygen atoms in total. The average molecular weight is 343 g/mol. The van der Waals surface area contributed by atoms with E-state index in [9.17, 15) is 9.59 Å². The first-order valence-corrected chi connectivity index (χ1v) is 8.98. The Balaban J connectivity index is 1.63. The highest BCUT2D eigenvalue weighted by atomic mass is 16.1. The van der Waals surface area contributed by atoms with Crippen molar-refractivity contribution in [3.8, 4) is 0 Å². The van der Waals surface area contributed by atoms with Gasteiger partial charge in [-0.25, -0.2) is 0 Å². The lowest BCUT2D eigenvalue weighted by atomic mass is 9.80. The van der Waals surface area contributed by atoms with Crippen LogP contribution in [0.25, 0.3) is 11.1 Å². The van der Waals surface area contributed by atoms with Crippen LogP contribution < -0.4 is 5.73 Å². The van der Waals surface area contributed by atoms with Gasteiger partial charge in [-0.2, -0.15) is 0 Å². The van der Waals surface area contributed by atoms with Crippen molar-refractivity contribution in [2.24, 2.45) is 11.7 Å². The first-order chi connectivity index (χ1) is 12.5. The molecule has 2 aromatic rings. The van der Waals surface area contributed by atoms with E-state index in [-0.39, 0.29) is 17.6 Å². The lowest BCUT2D eigenvalue weighted by Gasteiger charge is -2.24. The molecule has 4 rings (SSSR count). The van der Waals surface area contributed by atoms with Gasteiger partial charge in [0.05, 0.1) is 0 Å². The summed E-state index contributed by atoms with van der Waals surface area (Å²) in [5, 5.41) is 0. The predicted molar refractivity (Wildman–Crippen MR) is 104 cm³/mol. The Morgan fingerprint density at radius 1 is 0.923 bits per heavy atom. The maximum Gasteiger partial charge on any atom is 0.220 e. The highest BCUT2D eigenvalue weighted by molar-refractivity contribution is 6.07. The van der Waals surface area contributed by atoms with Gasteiger partial charge in [-0.05, 0) is 59.6 Å². The number of Topliss-reactive ketones (excluding diaryl/α,β-unsaturated/α-hetero) is 1. The van der Waals surface area contributed by atoms with Gasteiger partial charge in [-0.3, -0.25) is 9.59 Å². The van der Waals surface area contributed by atoms with Crippen molar-refractivity contribution in [1.29, 1.82) is 0 Å². The van der Waals surface area contributed by atoms with Crippen LogP contribution in [0, 0.1) is 5.92 Å². The number of fused-ring (bicyclic) bond motifs is 1. The first-order valence-electron chi connectivity index (χ1n) is 8.98. The first kappa shape index (κ1) is 16.5. The second kappa shape index (κ2) is 6.41. The lowest BCUT2D eigenvalue weighted by Crippen LogP contribution is -2.28. The summed E-state index contributed by atoms with van der Waals surface area (Å²) in [5.41, 5.74) is 13.5. The van der Waals surface area contributed by atoms with E-state index in [1.54, 1.807) is 6.92 Å². The minimum absolute atomic E-state index is 0.0356. The molecule has 0 spiro atoms. The van der Waals surface area contributed by atoms with Gasteiger partial charge in [0.2, 0.25) is 5.91 Å². The minimum Gasteiger partial charge on any atom is -0.369 e. The molecule has 0 radical (unpaired) electrons. The lowest BCUT2D eigenvalue weighted by molar-refractivity contribution is -0.122. The van der Waals surface area contributed by atoms with E-state index in [4.69, 9.17) is 5.73 Å². The van der Waals surface area contributed by atoms with Crippen molar-refractivity contribution >= 4 is 22.8 Å². The Labute approximate surface area is 153 Å². The molecule has 0 saturated carbocycles. The third-order valence-electron chi connectivity index (χ3n) is 5.46. The molecule has 26 heavy (non-hydrogen) atoms. The molecule has 0 saturated heterocycles. The Hall–Kier alpha value is -2.94. The van der Waals surface area contributed by atoms with Gasteiger partial charge < -0.3 is 5.73 Å². The van der Waals surface area contributed by atoms with Crippen molar-refractivity contribution in [1.82, 2.24) is 0 Å². The number of hydrogen-bond acceptors (Lipinski definition) is 2. The van der Waals surface area contributed by atoms with E-state index in [0.29, 0.717) is 0 Å². The normalized spacial score (nSPS) is 18.3. The summed E-state index contributed by atoms with van der Waals surface area (Å²) in [4.78, 5) is 22.9. The Kier molecular flexibility index (Phi) is 4.08. The van der Waals surface area contributed by atoms with Crippen molar-refractivity contribution in [3.63, 3.8) is 0 Å². The molecule has 3 heteroatoms. The van der Waals surface area contributed by atoms with Crippen LogP contribution in [0.2, 0.25) is 0 Å². The largest absolute Gasteiger partial charge is 0.369 e. The van der Waals surface area contributed by atoms with Crippen molar-refractivity contribution in [2.75, 3.05) is 0 Å². The Bertz CT molecular complexity index is 964. The third-order valence-corrected chi connectivity index (χ3v) is 5.46. The van der Waals surface area contributed by atoms with Crippen LogP contribution in [0.4, 0.5) is 0 Å². The van der Waals surface area contributed by atoms with Gasteiger partial charge in [0.1, 0.15) is 0 Å². The second-order valence-electron chi connectivity index (χ2n) is 7.12. The maximum atomic E-state index is 11.4. The molecule has 0 aliphatic heterocycles. The maximum absolute atomic E-state index is 11.4. The number of primary amides is 1. The summed E-state index contributed by atoms with van der Waals surface area (Å²) >= 11 is 0. The van der Waals surface area contributed by atoms with Crippen LogP contribution in [0.15, 0.2) is 54.6 Å². The molecule has 0 bridgehead atoms. The summed E-state index contributed by atoms with van der Waals surface area (Å²) in [5.74, 6) is -0.147. The van der Waals surface area contributed by atoms with Gasteiger partial charge in [0.15, 0.2) is 5.78 Å². The van der Waals surface area contributed by atoms with Gasteiger partial charge in [-0.1, -0.05) is 54.6 Å². The van der Waals surface area contributed by atoms with Gasteiger partial charge in [0.25, 0.3) is 0 Å². The van der Waals surface area contributed by atoms with E-state index in [2.05, 4.69) is 30.4 Å². The molecular formula is C23H21NO2. The molecule has 0 fully saturated rings. The Morgan fingerprint density at radius 2 is 1.58 bits per heavy atom. The SMILES string of the molecule is CC(=O)c1ccc(C2=C(c3ccc4c(c3)CCC(C(N)=O)C4)C=C2)cc1. The third kappa shape index (κ3) is 2.90. The van der Waals surface area contributed by atoms with Crippen LogP contribution >= 0.6 is 0 Å². The van der Waals surface area contributed by atoms with E-state index in [0.717, 1.165) is 30.4 Å². The summed E-state index contributed by atoms with van der Waals surface area (Å²) in [7, 11) is 0. The molecule has 2 aliphatic carbocycles. The van der Waals surface area contributed by atoms with Gasteiger partial charge in [-0.15, -0.1) is 0 Å². The van der Waals surface area contributed by atoms with Crippen molar-refractivity contribution in [2.45, 2.75) is 26.2 Å². The molecule has 2 N–H and O–H groups in total. The fraction of sp³-hybridized carbons (Fsp3) is 0.217. The fourth-order valence-corrected chi connectivity index (χ4v) is 3.80. The second-order valence-corrected chi connectivity index (χ2v) is 7.12. The smallest absolute Gasteiger partial charge is 0.220 e. The van der Waals surface area contributed by atoms with Crippen LogP contribution in [0.3, 0.4) is 0 Å². The Morgan fingerprint density at radius 3 is 2.19 bits per heavy atom. The molecule has 0 aromatic heterocycles. The van der Waals surface area contributed by atoms with Gasteiger partial charge >= 0.3 is 0 Å². The number of ketones is 1. The monoisotopic (exact) mass is 343 g/mol. The molecule has 1 amide bonds. The van der Waals surface area contributed by atoms with Gasteiger partial charge in [0, 0.05) is 11.5 Å². The zero-order valence-corrected chi connectivity index (χ0v) is 14.8. The zero-order chi connectivity index (χ0) is 18.3. The number of aryl methyl sites for hydroxylation is 1. The zero-order valence-electron chi connectivity index (χ0n) is 14.8. The number of rotatable bonds is 4. The standard InChI is InChI=1S/C23H21NO2/c1-14(25)15-2-4-16(5-3-15)21-10-11-22(21)19-8-6-18-13-20(23(24)26)9-7-17(18)12-19/h2-6,8,10-12,20H,7,9,13H2,1H3,(H2,24,26). The molecule has 1 atom stereocenters. The number of carbonyl (C=O) groups is 2. The topological polar surface area (TPSA) is 60.2 Å². The average Bonchev–Trinajstić information content (AvgIpc) is 2.60. The van der Waals surface area contributed by atoms with Crippen LogP contribution in [-0.2, 0) is 17.6 Å². The summed E-state index contributed by atoms with van der Waals surface area (Å²) < 4.78 is 0. The van der Waals surface area contributed by atoms with Crippen LogP contribution in [-0.4, -0.2) is 11.7 Å². The minimum atomic E-state index is -0.194. The highest BCUT2D eigenvalue weighted by Gasteiger charge is 2.23. The highest BCUT2D eigenvalue weighted by Crippen LogP contribution is 2.37. The summed E-state index contributed by atoms with van der Waals surface area (Å²) in [6.07, 6.45) is 6.72. The number of amides is 1. The van der Waals surface area contributed by atoms with Crippen LogP contribution in [0.1, 0.15) is 46.0 Å². The van der Waals surface area contributed by atoms with E-state index >= 15 is 0 Å². The number of hydrogen-bond donors (Lipinski definition) is 1. The van der Waals surface area contributed by atoms with E-state index in [1.807, 2.05) is 24.3 Å².